The Bertz CT molecular complexity index is 863. The predicted molar refractivity (Wildman–Crippen MR) is 107 cm³/mol. The van der Waals surface area contributed by atoms with E-state index in [-0.39, 0.29) is 11.2 Å². The summed E-state index contributed by atoms with van der Waals surface area (Å²) < 4.78 is 0. The van der Waals surface area contributed by atoms with E-state index in [0.717, 1.165) is 28.3 Å². The summed E-state index contributed by atoms with van der Waals surface area (Å²) in [5.41, 5.74) is 2.38. The van der Waals surface area contributed by atoms with E-state index < -0.39 is 11.9 Å². The lowest BCUT2D eigenvalue weighted by Gasteiger charge is -2.13. The Labute approximate surface area is 161 Å². The van der Waals surface area contributed by atoms with Crippen LogP contribution in [-0.2, 0) is 14.4 Å². The second-order valence-electron chi connectivity index (χ2n) is 5.80. The van der Waals surface area contributed by atoms with Crippen molar-refractivity contribution in [1.82, 2.24) is 0 Å². The Balaban J connectivity index is 1.90. The van der Waals surface area contributed by atoms with Gasteiger partial charge in [0.15, 0.2) is 0 Å². The fraction of sp³-hybridized carbons (Fsp3) is 0.150. The van der Waals surface area contributed by atoms with Crippen LogP contribution in [0, 0.1) is 6.92 Å². The number of hydrogen-bond acceptors (Lipinski definition) is 4. The van der Waals surface area contributed by atoms with Gasteiger partial charge >= 0.3 is 5.97 Å². The van der Waals surface area contributed by atoms with Crippen LogP contribution < -0.4 is 10.6 Å². The molecule has 0 fully saturated rings. The third-order valence-corrected chi connectivity index (χ3v) is 4.58. The zero-order valence-corrected chi connectivity index (χ0v) is 15.7. The van der Waals surface area contributed by atoms with Gasteiger partial charge in [-0.3, -0.25) is 9.59 Å². The minimum atomic E-state index is -1.19. The van der Waals surface area contributed by atoms with Crippen LogP contribution in [-0.4, -0.2) is 28.1 Å². The van der Waals surface area contributed by atoms with Crippen molar-refractivity contribution in [2.45, 2.75) is 24.0 Å². The number of carbonyl (C=O) groups excluding carboxylic acids is 2. The minimum absolute atomic E-state index is 0.0956. The van der Waals surface area contributed by atoms with Crippen LogP contribution in [0.4, 0.5) is 11.4 Å². The normalized spacial score (nSPS) is 11.8. The largest absolute Gasteiger partial charge is 0.478 e. The molecule has 2 rings (SSSR count). The topological polar surface area (TPSA) is 95.5 Å². The zero-order valence-electron chi connectivity index (χ0n) is 14.9. The summed E-state index contributed by atoms with van der Waals surface area (Å²) in [7, 11) is 0. The van der Waals surface area contributed by atoms with Crippen molar-refractivity contribution >= 4 is 40.9 Å². The maximum absolute atomic E-state index is 12.3. The van der Waals surface area contributed by atoms with Gasteiger partial charge < -0.3 is 15.7 Å². The van der Waals surface area contributed by atoms with Gasteiger partial charge in [-0.1, -0.05) is 12.1 Å². The number of carbonyl (C=O) groups is 3. The van der Waals surface area contributed by atoms with Gasteiger partial charge in [-0.2, -0.15) is 0 Å². The molecule has 7 heteroatoms. The van der Waals surface area contributed by atoms with Crippen LogP contribution in [0.3, 0.4) is 0 Å². The molecule has 27 heavy (non-hydrogen) atoms. The van der Waals surface area contributed by atoms with Crippen molar-refractivity contribution < 1.29 is 19.5 Å². The van der Waals surface area contributed by atoms with Gasteiger partial charge in [0.1, 0.15) is 0 Å². The smallest absolute Gasteiger partial charge is 0.328 e. The van der Waals surface area contributed by atoms with E-state index in [4.69, 9.17) is 5.11 Å². The van der Waals surface area contributed by atoms with E-state index in [2.05, 4.69) is 10.6 Å². The second-order valence-corrected chi connectivity index (χ2v) is 7.22. The average Bonchev–Trinajstić information content (AvgIpc) is 2.61. The standard InChI is InChI=1S/C20H20N2O4S/c1-13-4-3-5-16(12-13)22-20(26)14(2)27-17-8-6-15(7-9-17)21-18(23)10-11-19(24)25/h3-12,14H,1-2H3,(H,21,23)(H,22,26)(H,24,25)/b11-10+. The maximum Gasteiger partial charge on any atom is 0.328 e. The Hall–Kier alpha value is -3.06. The molecule has 2 amide bonds. The summed E-state index contributed by atoms with van der Waals surface area (Å²) in [6.45, 7) is 3.79. The fourth-order valence-corrected chi connectivity index (χ4v) is 3.04. The molecule has 140 valence electrons. The highest BCUT2D eigenvalue weighted by atomic mass is 32.2. The van der Waals surface area contributed by atoms with Gasteiger partial charge in [-0.05, 0) is 55.8 Å². The molecule has 0 heterocycles. The third-order valence-electron chi connectivity index (χ3n) is 3.47. The first kappa shape index (κ1) is 20.3. The molecular weight excluding hydrogens is 364 g/mol. The minimum Gasteiger partial charge on any atom is -0.478 e. The van der Waals surface area contributed by atoms with Crippen LogP contribution in [0.1, 0.15) is 12.5 Å². The first-order valence-electron chi connectivity index (χ1n) is 8.20. The number of anilines is 2. The van der Waals surface area contributed by atoms with Crippen LogP contribution in [0.2, 0.25) is 0 Å². The molecule has 0 spiro atoms. The number of carboxylic acids is 1. The second kappa shape index (κ2) is 9.59. The van der Waals surface area contributed by atoms with Gasteiger partial charge in [-0.15, -0.1) is 11.8 Å². The fourth-order valence-electron chi connectivity index (χ4n) is 2.17. The molecule has 1 unspecified atom stereocenters. The van der Waals surface area contributed by atoms with Crippen LogP contribution in [0.15, 0.2) is 65.6 Å². The molecule has 0 bridgehead atoms. The van der Waals surface area contributed by atoms with Gasteiger partial charge in [-0.25, -0.2) is 4.79 Å². The molecular formula is C20H20N2O4S. The van der Waals surface area contributed by atoms with Gasteiger partial charge in [0.05, 0.1) is 5.25 Å². The number of amides is 2. The molecule has 0 aliphatic rings. The van der Waals surface area contributed by atoms with Crippen LogP contribution in [0.5, 0.6) is 0 Å². The molecule has 3 N–H and O–H groups in total. The molecule has 2 aromatic rings. The summed E-state index contributed by atoms with van der Waals surface area (Å²) in [5, 5.41) is 13.6. The quantitative estimate of drug-likeness (QED) is 0.500. The lowest BCUT2D eigenvalue weighted by molar-refractivity contribution is -0.131. The van der Waals surface area contributed by atoms with E-state index in [1.165, 1.54) is 11.8 Å². The lowest BCUT2D eigenvalue weighted by atomic mass is 10.2. The number of carboxylic acid groups (broad SMARTS) is 1. The van der Waals surface area contributed by atoms with Gasteiger partial charge in [0.25, 0.3) is 0 Å². The van der Waals surface area contributed by atoms with Gasteiger partial charge in [0.2, 0.25) is 11.8 Å². The average molecular weight is 384 g/mol. The molecule has 0 aliphatic heterocycles. The molecule has 6 nitrogen and oxygen atoms in total. The monoisotopic (exact) mass is 384 g/mol. The Morgan fingerprint density at radius 2 is 1.70 bits per heavy atom. The van der Waals surface area contributed by atoms with E-state index in [1.54, 1.807) is 24.3 Å². The van der Waals surface area contributed by atoms with E-state index in [0.29, 0.717) is 5.69 Å². The van der Waals surface area contributed by atoms with E-state index in [1.807, 2.05) is 38.1 Å². The molecule has 0 saturated carbocycles. The summed E-state index contributed by atoms with van der Waals surface area (Å²) in [4.78, 5) is 35.1. The summed E-state index contributed by atoms with van der Waals surface area (Å²) in [6.07, 6.45) is 1.72. The van der Waals surface area contributed by atoms with Crippen LogP contribution in [0.25, 0.3) is 0 Å². The van der Waals surface area contributed by atoms with Crippen molar-refractivity contribution in [2.24, 2.45) is 0 Å². The molecule has 0 aromatic heterocycles. The first-order valence-corrected chi connectivity index (χ1v) is 9.07. The highest BCUT2D eigenvalue weighted by molar-refractivity contribution is 8.00. The summed E-state index contributed by atoms with van der Waals surface area (Å²) in [6, 6.07) is 14.6. The number of aryl methyl sites for hydroxylation is 1. The summed E-state index contributed by atoms with van der Waals surface area (Å²) >= 11 is 1.40. The zero-order chi connectivity index (χ0) is 19.8. The lowest BCUT2D eigenvalue weighted by Crippen LogP contribution is -2.22. The van der Waals surface area contributed by atoms with Gasteiger partial charge in [0, 0.05) is 28.4 Å². The van der Waals surface area contributed by atoms with Crippen molar-refractivity contribution in [3.63, 3.8) is 0 Å². The number of thioether (sulfide) groups is 1. The number of rotatable bonds is 7. The first-order chi connectivity index (χ1) is 12.8. The Kier molecular flexibility index (Phi) is 7.19. The third kappa shape index (κ3) is 6.99. The number of hydrogen-bond donors (Lipinski definition) is 3. The van der Waals surface area contributed by atoms with Crippen molar-refractivity contribution in [1.29, 1.82) is 0 Å². The van der Waals surface area contributed by atoms with E-state index in [9.17, 15) is 14.4 Å². The van der Waals surface area contributed by atoms with Crippen molar-refractivity contribution in [3.8, 4) is 0 Å². The van der Waals surface area contributed by atoms with E-state index >= 15 is 0 Å². The molecule has 2 aromatic carbocycles. The number of aliphatic carboxylic acids is 1. The Morgan fingerprint density at radius 1 is 1.00 bits per heavy atom. The molecule has 0 saturated heterocycles. The molecule has 1 atom stereocenters. The van der Waals surface area contributed by atoms with Crippen molar-refractivity contribution in [3.05, 3.63) is 66.2 Å². The predicted octanol–water partition coefficient (Wildman–Crippen LogP) is 3.69. The van der Waals surface area contributed by atoms with Crippen molar-refractivity contribution in [2.75, 3.05) is 10.6 Å². The highest BCUT2D eigenvalue weighted by Gasteiger charge is 2.14. The maximum atomic E-state index is 12.3. The highest BCUT2D eigenvalue weighted by Crippen LogP contribution is 2.25. The SMILES string of the molecule is Cc1cccc(NC(=O)C(C)Sc2ccc(NC(=O)/C=C/C(=O)O)cc2)c1. The molecule has 0 aliphatic carbocycles. The van der Waals surface area contributed by atoms with Crippen LogP contribution >= 0.6 is 11.8 Å². The number of nitrogens with one attached hydrogen (secondary N) is 2. The molecule has 0 radical (unpaired) electrons. The number of benzene rings is 2. The Morgan fingerprint density at radius 3 is 2.33 bits per heavy atom. The summed E-state index contributed by atoms with van der Waals surface area (Å²) in [5.74, 6) is -1.81.